The first kappa shape index (κ1) is 18.9. The van der Waals surface area contributed by atoms with Crippen LogP contribution < -0.4 is 10.6 Å². The Labute approximate surface area is 159 Å². The van der Waals surface area contributed by atoms with Gasteiger partial charge in [-0.25, -0.2) is 9.67 Å². The molecule has 0 saturated carbocycles. The van der Waals surface area contributed by atoms with Crippen molar-refractivity contribution in [2.75, 3.05) is 27.7 Å². The highest BCUT2D eigenvalue weighted by Crippen LogP contribution is 2.11. The zero-order valence-corrected chi connectivity index (χ0v) is 16.1. The number of aryl methyl sites for hydroxylation is 1. The Balaban J connectivity index is 1.49. The molecule has 1 aliphatic rings. The first-order valence-corrected chi connectivity index (χ1v) is 9.21. The number of benzene rings is 1. The van der Waals surface area contributed by atoms with Crippen LogP contribution in [0.25, 0.3) is 0 Å². The molecule has 1 amide bonds. The van der Waals surface area contributed by atoms with E-state index in [2.05, 4.69) is 25.7 Å². The fraction of sp³-hybridized carbons (Fsp3) is 0.474. The normalized spacial score (nSPS) is 16.6. The van der Waals surface area contributed by atoms with Gasteiger partial charge in [0.1, 0.15) is 12.2 Å². The first-order chi connectivity index (χ1) is 13.1. The lowest BCUT2D eigenvalue weighted by molar-refractivity contribution is 0.0827. The molecule has 8 nitrogen and oxygen atoms in total. The van der Waals surface area contributed by atoms with Crippen LogP contribution in [0, 0.1) is 0 Å². The van der Waals surface area contributed by atoms with E-state index in [1.54, 1.807) is 32.4 Å². The monoisotopic (exact) mass is 369 g/mol. The van der Waals surface area contributed by atoms with Crippen molar-refractivity contribution in [2.45, 2.75) is 31.8 Å². The summed E-state index contributed by atoms with van der Waals surface area (Å²) in [6.07, 6.45) is 4.35. The molecule has 2 heterocycles. The van der Waals surface area contributed by atoms with Crippen LogP contribution in [-0.4, -0.2) is 65.3 Å². The molecule has 1 aliphatic heterocycles. The maximum atomic E-state index is 12.1. The molecule has 0 aliphatic carbocycles. The third-order valence-electron chi connectivity index (χ3n) is 4.66. The quantitative estimate of drug-likeness (QED) is 0.598. The summed E-state index contributed by atoms with van der Waals surface area (Å²) in [5, 5.41) is 11.1. The van der Waals surface area contributed by atoms with Crippen LogP contribution in [-0.2, 0) is 19.4 Å². The van der Waals surface area contributed by atoms with Gasteiger partial charge in [0, 0.05) is 45.7 Å². The van der Waals surface area contributed by atoms with E-state index in [1.807, 2.05) is 28.9 Å². The Morgan fingerprint density at radius 1 is 1.41 bits per heavy atom. The Morgan fingerprint density at radius 3 is 3.04 bits per heavy atom. The lowest BCUT2D eigenvalue weighted by Gasteiger charge is -2.25. The molecule has 27 heavy (non-hydrogen) atoms. The second-order valence-corrected chi connectivity index (χ2v) is 6.89. The highest BCUT2D eigenvalue weighted by molar-refractivity contribution is 5.94. The Kier molecular flexibility index (Phi) is 6.05. The molecule has 1 aromatic carbocycles. The molecule has 3 rings (SSSR count). The number of carbonyl (C=O) groups is 1. The average Bonchev–Trinajstić information content (AvgIpc) is 3.14. The number of hydrogen-bond donors (Lipinski definition) is 2. The highest BCUT2D eigenvalue weighted by atomic mass is 16.2. The van der Waals surface area contributed by atoms with Crippen LogP contribution in [0.5, 0.6) is 0 Å². The minimum Gasteiger partial charge on any atom is -0.356 e. The summed E-state index contributed by atoms with van der Waals surface area (Å²) in [6.45, 7) is 1.53. The molecule has 144 valence electrons. The lowest BCUT2D eigenvalue weighted by atomic mass is 10.1. The van der Waals surface area contributed by atoms with E-state index in [0.29, 0.717) is 5.56 Å². The van der Waals surface area contributed by atoms with Gasteiger partial charge in [-0.3, -0.25) is 9.79 Å². The molecule has 0 radical (unpaired) electrons. The summed E-state index contributed by atoms with van der Waals surface area (Å²) in [7, 11) is 5.30. The summed E-state index contributed by atoms with van der Waals surface area (Å²) in [4.78, 5) is 22.2. The number of aromatic nitrogens is 3. The van der Waals surface area contributed by atoms with Crippen molar-refractivity contribution in [2.24, 2.45) is 4.99 Å². The van der Waals surface area contributed by atoms with Crippen LogP contribution in [0.15, 0.2) is 35.6 Å². The zero-order valence-electron chi connectivity index (χ0n) is 16.1. The first-order valence-electron chi connectivity index (χ1n) is 9.21. The predicted octanol–water partition coefficient (Wildman–Crippen LogP) is 0.702. The van der Waals surface area contributed by atoms with Gasteiger partial charge in [-0.15, -0.1) is 0 Å². The van der Waals surface area contributed by atoms with Gasteiger partial charge in [-0.2, -0.15) is 5.10 Å². The van der Waals surface area contributed by atoms with E-state index >= 15 is 0 Å². The molecule has 1 unspecified atom stereocenters. The molecule has 2 aromatic rings. The second kappa shape index (κ2) is 8.66. The van der Waals surface area contributed by atoms with E-state index in [-0.39, 0.29) is 11.9 Å². The lowest BCUT2D eigenvalue weighted by Crippen LogP contribution is -2.47. The topological polar surface area (TPSA) is 87.4 Å². The maximum absolute atomic E-state index is 12.1. The number of amides is 1. The number of guanidine groups is 1. The van der Waals surface area contributed by atoms with Crippen LogP contribution >= 0.6 is 0 Å². The smallest absolute Gasteiger partial charge is 0.253 e. The molecular formula is C19H27N7O. The predicted molar refractivity (Wildman–Crippen MR) is 105 cm³/mol. The van der Waals surface area contributed by atoms with Gasteiger partial charge in [0.15, 0.2) is 5.96 Å². The fourth-order valence-electron chi connectivity index (χ4n) is 3.19. The van der Waals surface area contributed by atoms with Crippen LogP contribution in [0.2, 0.25) is 0 Å². The summed E-state index contributed by atoms with van der Waals surface area (Å²) in [5.74, 6) is 1.85. The summed E-state index contributed by atoms with van der Waals surface area (Å²) < 4.78 is 1.95. The zero-order chi connectivity index (χ0) is 19.2. The average molecular weight is 369 g/mol. The van der Waals surface area contributed by atoms with Crippen molar-refractivity contribution < 1.29 is 4.79 Å². The van der Waals surface area contributed by atoms with E-state index in [4.69, 9.17) is 0 Å². The van der Waals surface area contributed by atoms with Gasteiger partial charge in [0.05, 0.1) is 6.54 Å². The molecule has 1 atom stereocenters. The Hall–Kier alpha value is -2.90. The van der Waals surface area contributed by atoms with Gasteiger partial charge in [-0.05, 0) is 30.5 Å². The third kappa shape index (κ3) is 4.84. The standard InChI is InChI=1S/C19H27N7O/c1-20-19(24-16-7-8-17-22-13-23-26(17)12-16)21-10-9-14-5-4-6-15(11-14)18(27)25(2)3/h4-6,11,13,16H,7-10,12H2,1-3H3,(H2,20,21,24). The van der Waals surface area contributed by atoms with Crippen LogP contribution in [0.4, 0.5) is 0 Å². The number of hydrogen-bond acceptors (Lipinski definition) is 4. The molecule has 1 aromatic heterocycles. The van der Waals surface area contributed by atoms with Gasteiger partial charge in [0.2, 0.25) is 0 Å². The molecule has 0 fully saturated rings. The summed E-state index contributed by atoms with van der Waals surface area (Å²) in [5.41, 5.74) is 1.83. The minimum absolute atomic E-state index is 0.0204. The Bertz CT molecular complexity index is 812. The molecule has 2 N–H and O–H groups in total. The van der Waals surface area contributed by atoms with Gasteiger partial charge >= 0.3 is 0 Å². The van der Waals surface area contributed by atoms with Crippen molar-refractivity contribution in [3.63, 3.8) is 0 Å². The van der Waals surface area contributed by atoms with E-state index < -0.39 is 0 Å². The maximum Gasteiger partial charge on any atom is 0.253 e. The van der Waals surface area contributed by atoms with E-state index in [1.165, 1.54) is 0 Å². The molecule has 0 spiro atoms. The summed E-state index contributed by atoms with van der Waals surface area (Å²) in [6, 6.07) is 8.05. The molecule has 8 heteroatoms. The van der Waals surface area contributed by atoms with Gasteiger partial charge < -0.3 is 15.5 Å². The highest BCUT2D eigenvalue weighted by Gasteiger charge is 2.20. The number of fused-ring (bicyclic) bond motifs is 1. The van der Waals surface area contributed by atoms with Gasteiger partial charge in [-0.1, -0.05) is 12.1 Å². The van der Waals surface area contributed by atoms with Crippen LogP contribution in [0.3, 0.4) is 0 Å². The van der Waals surface area contributed by atoms with Crippen molar-refractivity contribution in [1.82, 2.24) is 30.3 Å². The Morgan fingerprint density at radius 2 is 2.26 bits per heavy atom. The van der Waals surface area contributed by atoms with Crippen molar-refractivity contribution in [3.8, 4) is 0 Å². The molecular weight excluding hydrogens is 342 g/mol. The number of carbonyl (C=O) groups excluding carboxylic acids is 1. The largest absolute Gasteiger partial charge is 0.356 e. The van der Waals surface area contributed by atoms with Crippen molar-refractivity contribution in [1.29, 1.82) is 0 Å². The van der Waals surface area contributed by atoms with Crippen LogP contribution in [0.1, 0.15) is 28.2 Å². The van der Waals surface area contributed by atoms with Crippen molar-refractivity contribution in [3.05, 3.63) is 47.5 Å². The van der Waals surface area contributed by atoms with E-state index in [9.17, 15) is 4.79 Å². The van der Waals surface area contributed by atoms with Crippen molar-refractivity contribution >= 4 is 11.9 Å². The molecule has 0 saturated heterocycles. The SMILES string of the molecule is CN=C(NCCc1cccc(C(=O)N(C)C)c1)NC1CCc2ncnn2C1. The number of nitrogens with one attached hydrogen (secondary N) is 2. The number of aliphatic imine (C=N–C) groups is 1. The third-order valence-corrected chi connectivity index (χ3v) is 4.66. The molecule has 0 bridgehead atoms. The number of nitrogens with zero attached hydrogens (tertiary/aromatic N) is 5. The minimum atomic E-state index is 0.0204. The fourth-order valence-corrected chi connectivity index (χ4v) is 3.19. The summed E-state index contributed by atoms with van der Waals surface area (Å²) >= 11 is 0. The van der Waals surface area contributed by atoms with E-state index in [0.717, 1.165) is 49.7 Å². The second-order valence-electron chi connectivity index (χ2n) is 6.89. The number of rotatable bonds is 5. The van der Waals surface area contributed by atoms with Gasteiger partial charge in [0.25, 0.3) is 5.91 Å².